The fourth-order valence-corrected chi connectivity index (χ4v) is 5.17. The summed E-state index contributed by atoms with van der Waals surface area (Å²) in [5, 5.41) is 2.80. The highest BCUT2D eigenvalue weighted by Gasteiger charge is 2.67. The molecule has 128 valence electrons. The lowest BCUT2D eigenvalue weighted by atomic mass is 9.63. The van der Waals surface area contributed by atoms with Crippen molar-refractivity contribution in [3.63, 3.8) is 0 Å². The van der Waals surface area contributed by atoms with Gasteiger partial charge in [0.2, 0.25) is 17.7 Å². The Hall–Kier alpha value is -2.43. The first kappa shape index (κ1) is 14.9. The quantitative estimate of drug-likeness (QED) is 0.667. The van der Waals surface area contributed by atoms with Gasteiger partial charge in [0, 0.05) is 6.54 Å². The average molecular weight is 336 g/mol. The minimum Gasteiger partial charge on any atom is -0.350 e. The molecular weight excluding hydrogens is 316 g/mol. The first-order valence-electron chi connectivity index (χ1n) is 8.99. The van der Waals surface area contributed by atoms with Gasteiger partial charge in [-0.25, -0.2) is 0 Å². The molecule has 2 saturated carbocycles. The van der Waals surface area contributed by atoms with Crippen molar-refractivity contribution < 1.29 is 14.4 Å². The number of benzene rings is 1. The van der Waals surface area contributed by atoms with E-state index in [-0.39, 0.29) is 47.9 Å². The van der Waals surface area contributed by atoms with Crippen LogP contribution in [0.15, 0.2) is 42.5 Å². The number of carbonyl (C=O) groups is 3. The van der Waals surface area contributed by atoms with E-state index in [0.717, 1.165) is 12.0 Å². The fraction of sp³-hybridized carbons (Fsp3) is 0.450. The summed E-state index contributed by atoms with van der Waals surface area (Å²) in [4.78, 5) is 39.1. The van der Waals surface area contributed by atoms with Gasteiger partial charge in [0.1, 0.15) is 6.54 Å². The predicted molar refractivity (Wildman–Crippen MR) is 89.7 cm³/mol. The van der Waals surface area contributed by atoms with E-state index in [9.17, 15) is 14.4 Å². The van der Waals surface area contributed by atoms with Crippen LogP contribution in [-0.2, 0) is 20.9 Å². The van der Waals surface area contributed by atoms with Crippen molar-refractivity contribution in [3.8, 4) is 0 Å². The molecule has 1 saturated heterocycles. The van der Waals surface area contributed by atoms with Crippen molar-refractivity contribution in [2.45, 2.75) is 13.0 Å². The highest BCUT2D eigenvalue weighted by atomic mass is 16.2. The van der Waals surface area contributed by atoms with Crippen molar-refractivity contribution >= 4 is 17.7 Å². The van der Waals surface area contributed by atoms with Crippen molar-refractivity contribution in [2.24, 2.45) is 35.5 Å². The van der Waals surface area contributed by atoms with Gasteiger partial charge >= 0.3 is 0 Å². The summed E-state index contributed by atoms with van der Waals surface area (Å²) < 4.78 is 0. The second-order valence-electron chi connectivity index (χ2n) is 7.68. The molecule has 1 aromatic carbocycles. The molecule has 6 atom stereocenters. The van der Waals surface area contributed by atoms with E-state index >= 15 is 0 Å². The van der Waals surface area contributed by atoms with E-state index in [1.807, 2.05) is 30.3 Å². The SMILES string of the molecule is O=C(CN1C(=O)[C@@H]2[C@H]3C=C[C@@H]([C@@H]4C[C@@H]34)[C@@H]2C1=O)NCc1ccccc1. The zero-order valence-corrected chi connectivity index (χ0v) is 13.8. The van der Waals surface area contributed by atoms with Crippen molar-refractivity contribution in [1.82, 2.24) is 10.2 Å². The van der Waals surface area contributed by atoms with E-state index in [2.05, 4.69) is 17.5 Å². The number of rotatable bonds is 4. The number of likely N-dealkylation sites (tertiary alicyclic amines) is 1. The first-order valence-corrected chi connectivity index (χ1v) is 8.99. The largest absolute Gasteiger partial charge is 0.350 e. The molecule has 3 amide bonds. The molecule has 1 heterocycles. The molecule has 5 nitrogen and oxygen atoms in total. The van der Waals surface area contributed by atoms with Crippen LogP contribution >= 0.6 is 0 Å². The Balaban J connectivity index is 1.27. The van der Waals surface area contributed by atoms with Crippen LogP contribution in [0, 0.1) is 35.5 Å². The van der Waals surface area contributed by atoms with E-state index < -0.39 is 0 Å². The molecule has 5 aliphatic rings. The first-order chi connectivity index (χ1) is 12.1. The van der Waals surface area contributed by atoms with Crippen molar-refractivity contribution in [3.05, 3.63) is 48.0 Å². The molecule has 0 aromatic heterocycles. The van der Waals surface area contributed by atoms with Crippen LogP contribution in [-0.4, -0.2) is 29.2 Å². The third-order valence-electron chi connectivity index (χ3n) is 6.39. The molecule has 25 heavy (non-hydrogen) atoms. The molecule has 5 heteroatoms. The zero-order valence-electron chi connectivity index (χ0n) is 13.8. The minimum atomic E-state index is -0.283. The minimum absolute atomic E-state index is 0.144. The number of hydrogen-bond acceptors (Lipinski definition) is 3. The van der Waals surface area contributed by atoms with Gasteiger partial charge in [-0.05, 0) is 35.7 Å². The molecular formula is C20H20N2O3. The Labute approximate surface area is 146 Å². The van der Waals surface area contributed by atoms with Gasteiger partial charge in [-0.15, -0.1) is 0 Å². The summed E-state index contributed by atoms with van der Waals surface area (Å²) in [6.07, 6.45) is 5.43. The van der Waals surface area contributed by atoms with Gasteiger partial charge < -0.3 is 5.32 Å². The molecule has 1 aromatic rings. The van der Waals surface area contributed by atoms with Gasteiger partial charge in [-0.3, -0.25) is 19.3 Å². The third kappa shape index (κ3) is 2.18. The maximum atomic E-state index is 12.8. The standard InChI is InChI=1S/C20H20N2O3/c23-16(21-9-11-4-2-1-3-5-11)10-22-19(24)17-12-6-7-13(15-8-14(12)15)18(17)20(22)25/h1-7,12-15,17-18H,8-10H2,(H,21,23)/t12-,13-,14-,15-,17-,18+/m0/s1. The summed E-state index contributed by atoms with van der Waals surface area (Å²) >= 11 is 0. The summed E-state index contributed by atoms with van der Waals surface area (Å²) in [6.45, 7) is 0.242. The van der Waals surface area contributed by atoms with Gasteiger partial charge in [-0.2, -0.15) is 0 Å². The van der Waals surface area contributed by atoms with Crippen LogP contribution in [0.25, 0.3) is 0 Å². The lowest BCUT2D eigenvalue weighted by molar-refractivity contribution is -0.143. The fourth-order valence-electron chi connectivity index (χ4n) is 5.17. The van der Waals surface area contributed by atoms with E-state index in [1.54, 1.807) is 0 Å². The van der Waals surface area contributed by atoms with Crippen LogP contribution in [0.1, 0.15) is 12.0 Å². The monoisotopic (exact) mass is 336 g/mol. The van der Waals surface area contributed by atoms with E-state index in [0.29, 0.717) is 18.4 Å². The molecule has 4 aliphatic carbocycles. The Bertz CT molecular complexity index is 751. The normalized spacial score (nSPS) is 37.0. The van der Waals surface area contributed by atoms with Crippen LogP contribution < -0.4 is 5.32 Å². The molecule has 3 fully saturated rings. The lowest BCUT2D eigenvalue weighted by Gasteiger charge is -2.37. The smallest absolute Gasteiger partial charge is 0.240 e. The molecule has 2 bridgehead atoms. The maximum absolute atomic E-state index is 12.8. The molecule has 0 spiro atoms. The Morgan fingerprint density at radius 3 is 2.20 bits per heavy atom. The molecule has 1 aliphatic heterocycles. The zero-order chi connectivity index (χ0) is 17.1. The predicted octanol–water partition coefficient (Wildman–Crippen LogP) is 1.36. The number of hydrogen-bond donors (Lipinski definition) is 1. The molecule has 0 radical (unpaired) electrons. The maximum Gasteiger partial charge on any atom is 0.240 e. The second kappa shape index (κ2) is 5.28. The molecule has 1 N–H and O–H groups in total. The molecule has 6 rings (SSSR count). The number of carbonyl (C=O) groups excluding carboxylic acids is 3. The highest BCUT2D eigenvalue weighted by molar-refractivity contribution is 6.08. The number of nitrogens with zero attached hydrogens (tertiary/aromatic N) is 1. The number of amides is 3. The number of nitrogens with one attached hydrogen (secondary N) is 1. The van der Waals surface area contributed by atoms with Gasteiger partial charge in [0.15, 0.2) is 0 Å². The summed E-state index contributed by atoms with van der Waals surface area (Å²) in [6, 6.07) is 9.59. The third-order valence-corrected chi connectivity index (χ3v) is 6.39. The average Bonchev–Trinajstić information content (AvgIpc) is 3.42. The van der Waals surface area contributed by atoms with Gasteiger partial charge in [0.05, 0.1) is 11.8 Å². The van der Waals surface area contributed by atoms with E-state index in [1.165, 1.54) is 4.90 Å². The number of imide groups is 1. The highest BCUT2D eigenvalue weighted by Crippen LogP contribution is 2.65. The Kier molecular flexibility index (Phi) is 3.14. The van der Waals surface area contributed by atoms with Crippen LogP contribution in [0.2, 0.25) is 0 Å². The Morgan fingerprint density at radius 1 is 1.00 bits per heavy atom. The summed E-state index contributed by atoms with van der Waals surface area (Å²) in [7, 11) is 0. The van der Waals surface area contributed by atoms with Crippen LogP contribution in [0.4, 0.5) is 0 Å². The topological polar surface area (TPSA) is 66.5 Å². The van der Waals surface area contributed by atoms with Gasteiger partial charge in [0.25, 0.3) is 0 Å². The van der Waals surface area contributed by atoms with Gasteiger partial charge in [-0.1, -0.05) is 42.5 Å². The summed E-state index contributed by atoms with van der Waals surface area (Å²) in [5.74, 6) is 0.544. The van der Waals surface area contributed by atoms with Crippen LogP contribution in [0.3, 0.4) is 0 Å². The molecule has 0 unspecified atom stereocenters. The van der Waals surface area contributed by atoms with Crippen LogP contribution in [0.5, 0.6) is 0 Å². The number of allylic oxidation sites excluding steroid dienone is 2. The summed E-state index contributed by atoms with van der Waals surface area (Å²) in [5.41, 5.74) is 0.992. The van der Waals surface area contributed by atoms with E-state index in [4.69, 9.17) is 0 Å². The van der Waals surface area contributed by atoms with Crippen molar-refractivity contribution in [1.29, 1.82) is 0 Å². The Morgan fingerprint density at radius 2 is 1.60 bits per heavy atom. The van der Waals surface area contributed by atoms with Crippen molar-refractivity contribution in [2.75, 3.05) is 6.54 Å². The lowest BCUT2D eigenvalue weighted by Crippen LogP contribution is -2.41. The second-order valence-corrected chi connectivity index (χ2v) is 7.68.